The van der Waals surface area contributed by atoms with Gasteiger partial charge in [0.05, 0.1) is 17.1 Å². The van der Waals surface area contributed by atoms with E-state index in [4.69, 9.17) is 4.98 Å². The van der Waals surface area contributed by atoms with E-state index < -0.39 is 0 Å². The van der Waals surface area contributed by atoms with Crippen molar-refractivity contribution in [3.05, 3.63) is 59.4 Å². The number of hydrogen-bond donors (Lipinski definition) is 1. The van der Waals surface area contributed by atoms with Gasteiger partial charge in [0, 0.05) is 42.8 Å². The Morgan fingerprint density at radius 3 is 2.69 bits per heavy atom. The van der Waals surface area contributed by atoms with Gasteiger partial charge in [-0.05, 0) is 56.7 Å². The van der Waals surface area contributed by atoms with Gasteiger partial charge in [0.15, 0.2) is 0 Å². The molecule has 3 aliphatic rings. The molecule has 29 heavy (non-hydrogen) atoms. The summed E-state index contributed by atoms with van der Waals surface area (Å²) in [4.78, 5) is 7.76. The molecule has 2 saturated heterocycles. The lowest BCUT2D eigenvalue weighted by molar-refractivity contribution is 0.396. The minimum Gasteiger partial charge on any atom is -0.372 e. The molecular weight excluding hydrogens is 356 g/mol. The Bertz CT molecular complexity index is 1050. The van der Waals surface area contributed by atoms with Crippen LogP contribution in [0.4, 0.5) is 5.69 Å². The zero-order chi connectivity index (χ0) is 19.5. The zero-order valence-electron chi connectivity index (χ0n) is 17.4. The minimum atomic E-state index is 0.538. The summed E-state index contributed by atoms with van der Waals surface area (Å²) in [6.07, 6.45) is 7.12. The Morgan fingerprint density at radius 2 is 1.93 bits per heavy atom. The molecule has 0 spiro atoms. The summed E-state index contributed by atoms with van der Waals surface area (Å²) < 4.78 is 2.61. The van der Waals surface area contributed by atoms with Crippen LogP contribution in [0.2, 0.25) is 0 Å². The first-order chi connectivity index (χ1) is 14.2. The smallest absolute Gasteiger partial charge is 0.114 e. The summed E-state index contributed by atoms with van der Waals surface area (Å²) in [6, 6.07) is 18.0. The van der Waals surface area contributed by atoms with Crippen LogP contribution in [-0.2, 0) is 12.8 Å². The molecule has 3 aliphatic heterocycles. The molecule has 2 fully saturated rings. The van der Waals surface area contributed by atoms with Crippen molar-refractivity contribution in [2.45, 2.75) is 69.6 Å². The van der Waals surface area contributed by atoms with Crippen LogP contribution in [0.5, 0.6) is 0 Å². The number of imidazole rings is 1. The average molecular weight is 387 g/mol. The van der Waals surface area contributed by atoms with Crippen molar-refractivity contribution in [1.29, 1.82) is 0 Å². The van der Waals surface area contributed by atoms with Gasteiger partial charge in [0.25, 0.3) is 0 Å². The third-order valence-electron chi connectivity index (χ3n) is 7.67. The predicted molar refractivity (Wildman–Crippen MR) is 119 cm³/mol. The Kier molecular flexibility index (Phi) is 3.98. The van der Waals surface area contributed by atoms with Crippen LogP contribution in [-0.4, -0.2) is 34.7 Å². The number of aryl methyl sites for hydroxylation is 1. The van der Waals surface area contributed by atoms with Crippen LogP contribution < -0.4 is 10.2 Å². The third-order valence-corrected chi connectivity index (χ3v) is 7.67. The lowest BCUT2D eigenvalue weighted by Gasteiger charge is -2.34. The molecule has 1 aromatic heterocycles. The summed E-state index contributed by atoms with van der Waals surface area (Å²) >= 11 is 0. The first kappa shape index (κ1) is 17.5. The Balaban J connectivity index is 1.52. The maximum absolute atomic E-state index is 5.32. The molecule has 150 valence electrons. The lowest BCUT2D eigenvalue weighted by atomic mass is 9.94. The van der Waals surface area contributed by atoms with Gasteiger partial charge in [0.2, 0.25) is 0 Å². The van der Waals surface area contributed by atoms with Crippen molar-refractivity contribution in [3.63, 3.8) is 0 Å². The topological polar surface area (TPSA) is 33.1 Å². The van der Waals surface area contributed by atoms with Crippen LogP contribution >= 0.6 is 0 Å². The fourth-order valence-corrected chi connectivity index (χ4v) is 5.97. The van der Waals surface area contributed by atoms with Gasteiger partial charge < -0.3 is 14.8 Å². The molecule has 4 unspecified atom stereocenters. The number of rotatable bonds is 3. The van der Waals surface area contributed by atoms with Crippen LogP contribution in [0, 0.1) is 0 Å². The Labute approximate surface area is 172 Å². The van der Waals surface area contributed by atoms with E-state index in [9.17, 15) is 0 Å². The quantitative estimate of drug-likeness (QED) is 0.721. The highest BCUT2D eigenvalue weighted by Gasteiger charge is 2.41. The maximum Gasteiger partial charge on any atom is 0.114 e. The van der Waals surface area contributed by atoms with Gasteiger partial charge in [-0.3, -0.25) is 0 Å². The van der Waals surface area contributed by atoms with E-state index in [-0.39, 0.29) is 0 Å². The minimum absolute atomic E-state index is 0.538. The molecule has 0 amide bonds. The van der Waals surface area contributed by atoms with Crippen LogP contribution in [0.1, 0.15) is 55.6 Å². The standard InChI is InChI=1S/C25H30N4/c1-16-8-10-19-21(28(16)2)12-13-22-25(19)27-24(14-17-6-4-3-5-7-17)29(22)23-15-18-9-11-20(23)26-18/h3-7,12-13,16,18,20,23,26H,8-11,14-15H2,1-2H3. The normalized spacial score (nSPS) is 28.3. The van der Waals surface area contributed by atoms with Gasteiger partial charge in [-0.2, -0.15) is 0 Å². The Hall–Kier alpha value is -2.33. The second-order valence-electron chi connectivity index (χ2n) is 9.34. The summed E-state index contributed by atoms with van der Waals surface area (Å²) in [5.74, 6) is 1.24. The van der Waals surface area contributed by atoms with Crippen LogP contribution in [0.3, 0.4) is 0 Å². The number of anilines is 1. The second kappa shape index (κ2) is 6.60. The summed E-state index contributed by atoms with van der Waals surface area (Å²) in [6.45, 7) is 2.33. The van der Waals surface area contributed by atoms with E-state index in [1.807, 2.05) is 0 Å². The highest BCUT2D eigenvalue weighted by atomic mass is 15.2. The summed E-state index contributed by atoms with van der Waals surface area (Å²) in [5.41, 5.74) is 6.76. The highest BCUT2D eigenvalue weighted by Crippen LogP contribution is 2.42. The average Bonchev–Trinajstić information content (AvgIpc) is 3.45. The first-order valence-corrected chi connectivity index (χ1v) is 11.2. The molecule has 1 N–H and O–H groups in total. The molecule has 4 atom stereocenters. The lowest BCUT2D eigenvalue weighted by Crippen LogP contribution is -2.33. The van der Waals surface area contributed by atoms with Crippen molar-refractivity contribution in [1.82, 2.24) is 14.9 Å². The fourth-order valence-electron chi connectivity index (χ4n) is 5.97. The zero-order valence-corrected chi connectivity index (χ0v) is 17.4. The molecule has 3 aromatic rings. The third kappa shape index (κ3) is 2.72. The summed E-state index contributed by atoms with van der Waals surface area (Å²) in [5, 5.41) is 3.84. The molecule has 0 radical (unpaired) electrons. The van der Waals surface area contributed by atoms with Gasteiger partial charge in [-0.1, -0.05) is 30.3 Å². The van der Waals surface area contributed by atoms with Crippen molar-refractivity contribution in [2.75, 3.05) is 11.9 Å². The highest BCUT2D eigenvalue weighted by molar-refractivity contribution is 5.86. The van der Waals surface area contributed by atoms with E-state index >= 15 is 0 Å². The molecule has 0 aliphatic carbocycles. The molecule has 6 rings (SSSR count). The number of aromatic nitrogens is 2. The molecule has 0 saturated carbocycles. The molecule has 4 heterocycles. The van der Waals surface area contributed by atoms with Gasteiger partial charge in [0.1, 0.15) is 5.82 Å². The number of nitrogens with one attached hydrogen (secondary N) is 1. The fraction of sp³-hybridized carbons (Fsp3) is 0.480. The monoisotopic (exact) mass is 386 g/mol. The molecule has 2 aromatic carbocycles. The predicted octanol–water partition coefficient (Wildman–Crippen LogP) is 4.46. The van der Waals surface area contributed by atoms with E-state index in [0.29, 0.717) is 24.2 Å². The van der Waals surface area contributed by atoms with Crippen molar-refractivity contribution < 1.29 is 0 Å². The van der Waals surface area contributed by atoms with Crippen LogP contribution in [0.25, 0.3) is 11.0 Å². The van der Waals surface area contributed by atoms with Gasteiger partial charge >= 0.3 is 0 Å². The number of nitrogens with zero attached hydrogens (tertiary/aromatic N) is 3. The van der Waals surface area contributed by atoms with Gasteiger partial charge in [-0.15, -0.1) is 0 Å². The molecule has 4 heteroatoms. The SMILES string of the molecule is CC1CCc2c(ccc3c2nc(Cc2ccccc2)n3C2CC3CCC2N3)N1C. The van der Waals surface area contributed by atoms with Crippen molar-refractivity contribution in [3.8, 4) is 0 Å². The van der Waals surface area contributed by atoms with E-state index in [1.165, 1.54) is 59.4 Å². The van der Waals surface area contributed by atoms with E-state index in [0.717, 1.165) is 12.8 Å². The number of hydrogen-bond acceptors (Lipinski definition) is 3. The van der Waals surface area contributed by atoms with E-state index in [1.54, 1.807) is 0 Å². The number of fused-ring (bicyclic) bond motifs is 5. The molecule has 4 nitrogen and oxygen atoms in total. The first-order valence-electron chi connectivity index (χ1n) is 11.2. The van der Waals surface area contributed by atoms with Crippen molar-refractivity contribution >= 4 is 16.7 Å². The maximum atomic E-state index is 5.32. The van der Waals surface area contributed by atoms with Gasteiger partial charge in [-0.25, -0.2) is 4.98 Å². The molecule has 2 bridgehead atoms. The second-order valence-corrected chi connectivity index (χ2v) is 9.34. The van der Waals surface area contributed by atoms with Crippen molar-refractivity contribution in [2.24, 2.45) is 0 Å². The Morgan fingerprint density at radius 1 is 1.07 bits per heavy atom. The van der Waals surface area contributed by atoms with E-state index in [2.05, 4.69) is 71.2 Å². The molecular formula is C25H30N4. The largest absolute Gasteiger partial charge is 0.372 e. The number of benzene rings is 2. The van der Waals surface area contributed by atoms with Crippen LogP contribution in [0.15, 0.2) is 42.5 Å². The summed E-state index contributed by atoms with van der Waals surface area (Å²) in [7, 11) is 2.23.